The van der Waals surface area contributed by atoms with Gasteiger partial charge in [0, 0.05) is 55.9 Å². The Morgan fingerprint density at radius 2 is 1.75 bits per heavy atom. The van der Waals surface area contributed by atoms with Gasteiger partial charge in [-0.2, -0.15) is 4.31 Å². The van der Waals surface area contributed by atoms with Gasteiger partial charge in [-0.25, -0.2) is 29.9 Å². The first kappa shape index (κ1) is 34.4. The molecule has 2 saturated heterocycles. The molecule has 10 nitrogen and oxygen atoms in total. The normalized spacial score (nSPS) is 20.7. The van der Waals surface area contributed by atoms with Crippen LogP contribution in [0, 0.1) is 17.6 Å². The fraction of sp³-hybridized carbons (Fsp3) is 0.567. The van der Waals surface area contributed by atoms with Crippen LogP contribution in [0.25, 0.3) is 0 Å². The van der Waals surface area contributed by atoms with Crippen LogP contribution in [0.2, 0.25) is 0 Å². The second-order valence-electron chi connectivity index (χ2n) is 11.7. The van der Waals surface area contributed by atoms with Crippen LogP contribution in [-0.2, 0) is 31.3 Å². The molecule has 0 spiro atoms. The molecule has 2 aromatic carbocycles. The molecule has 4 N–H and O–H groups in total. The Morgan fingerprint density at radius 3 is 2.39 bits per heavy atom. The van der Waals surface area contributed by atoms with Crippen molar-refractivity contribution < 1.29 is 30.4 Å². The third kappa shape index (κ3) is 8.40. The molecule has 1 amide bonds. The molecular weight excluding hydrogens is 612 g/mol. The molecular formula is C30H43F2N5O5S2. The largest absolute Gasteiger partial charge is 0.324 e. The van der Waals surface area contributed by atoms with E-state index in [0.717, 1.165) is 6.26 Å². The molecule has 4 rings (SSSR count). The quantitative estimate of drug-likeness (QED) is 0.319. The number of benzene rings is 2. The van der Waals surface area contributed by atoms with E-state index in [4.69, 9.17) is 5.73 Å². The van der Waals surface area contributed by atoms with Gasteiger partial charge in [0.25, 0.3) is 0 Å². The average Bonchev–Trinajstić information content (AvgIpc) is 2.98. The van der Waals surface area contributed by atoms with Gasteiger partial charge in [0.05, 0.1) is 18.1 Å². The molecule has 14 heteroatoms. The average molecular weight is 656 g/mol. The molecule has 3 atom stereocenters. The number of rotatable bonds is 12. The van der Waals surface area contributed by atoms with Gasteiger partial charge in [-0.15, -0.1) is 0 Å². The first-order valence-corrected chi connectivity index (χ1v) is 18.5. The number of nitrogens with two attached hydrogens (primary N) is 1. The minimum Gasteiger partial charge on any atom is -0.324 e. The summed E-state index contributed by atoms with van der Waals surface area (Å²) in [4.78, 5) is 13.6. The fourth-order valence-corrected chi connectivity index (χ4v) is 9.00. The van der Waals surface area contributed by atoms with Gasteiger partial charge in [0.15, 0.2) is 0 Å². The molecule has 0 bridgehead atoms. The standard InChI is InChI=1S/C30H43F2N5O5S2/c1-3-19-44(41,42)37-18-15-34-20-24(37)11-12-25-26(32)5-4-6-27(25)35-30(38)29(33)28(21-7-9-23(31)10-8-21)22-13-16-36(17-14-22)43(2,39)40/h4-10,22,24,28-29,34H,3,11-20,33H2,1-2H3,(H,35,38)/t24-,28-,29-/m0/s1. The molecule has 2 aliphatic heterocycles. The molecule has 2 aromatic rings. The number of anilines is 1. The molecule has 0 radical (unpaired) electrons. The number of nitrogens with one attached hydrogen (secondary N) is 2. The molecule has 0 aromatic heterocycles. The number of nitrogens with zero attached hydrogens (tertiary/aromatic N) is 2. The summed E-state index contributed by atoms with van der Waals surface area (Å²) in [5, 5.41) is 6.02. The molecule has 0 unspecified atom stereocenters. The second-order valence-corrected chi connectivity index (χ2v) is 15.7. The number of amides is 1. The van der Waals surface area contributed by atoms with Crippen LogP contribution < -0.4 is 16.4 Å². The van der Waals surface area contributed by atoms with E-state index < -0.39 is 49.5 Å². The van der Waals surface area contributed by atoms with Crippen LogP contribution >= 0.6 is 0 Å². The predicted octanol–water partition coefficient (Wildman–Crippen LogP) is 2.63. The lowest BCUT2D eigenvalue weighted by atomic mass is 9.76. The van der Waals surface area contributed by atoms with E-state index in [0.29, 0.717) is 50.9 Å². The first-order valence-electron chi connectivity index (χ1n) is 15.1. The zero-order valence-electron chi connectivity index (χ0n) is 25.2. The van der Waals surface area contributed by atoms with Crippen LogP contribution in [-0.4, -0.2) is 88.2 Å². The smallest absolute Gasteiger partial charge is 0.241 e. The summed E-state index contributed by atoms with van der Waals surface area (Å²) >= 11 is 0. The van der Waals surface area contributed by atoms with Crippen molar-refractivity contribution in [2.75, 3.05) is 50.0 Å². The highest BCUT2D eigenvalue weighted by atomic mass is 32.2. The van der Waals surface area contributed by atoms with Gasteiger partial charge in [-0.05, 0) is 67.9 Å². The first-order chi connectivity index (χ1) is 20.8. The number of carbonyl (C=O) groups is 1. The fourth-order valence-electron chi connectivity index (χ4n) is 6.37. The van der Waals surface area contributed by atoms with Gasteiger partial charge in [-0.3, -0.25) is 4.79 Å². The van der Waals surface area contributed by atoms with Crippen LogP contribution in [0.4, 0.5) is 14.5 Å². The molecule has 0 aliphatic carbocycles. The monoisotopic (exact) mass is 655 g/mol. The zero-order valence-corrected chi connectivity index (χ0v) is 26.8. The highest BCUT2D eigenvalue weighted by Crippen LogP contribution is 2.36. The van der Waals surface area contributed by atoms with E-state index in [1.165, 1.54) is 32.9 Å². The van der Waals surface area contributed by atoms with Gasteiger partial charge in [-0.1, -0.05) is 25.1 Å². The number of hydrogen-bond donors (Lipinski definition) is 3. The molecule has 0 saturated carbocycles. The third-order valence-corrected chi connectivity index (χ3v) is 12.1. The zero-order chi connectivity index (χ0) is 32.1. The molecule has 244 valence electrons. The summed E-state index contributed by atoms with van der Waals surface area (Å²) in [6, 6.07) is 8.69. The second kappa shape index (κ2) is 14.7. The summed E-state index contributed by atoms with van der Waals surface area (Å²) < 4.78 is 81.7. The number of piperidine rings is 1. The van der Waals surface area contributed by atoms with Crippen LogP contribution in [0.3, 0.4) is 0 Å². The third-order valence-electron chi connectivity index (χ3n) is 8.64. The lowest BCUT2D eigenvalue weighted by Gasteiger charge is -2.37. The van der Waals surface area contributed by atoms with Gasteiger partial charge in [0.2, 0.25) is 26.0 Å². The van der Waals surface area contributed by atoms with Crippen molar-refractivity contribution in [3.05, 3.63) is 65.2 Å². The summed E-state index contributed by atoms with van der Waals surface area (Å²) in [7, 11) is -6.81. The summed E-state index contributed by atoms with van der Waals surface area (Å²) in [6.45, 7) is 3.71. The summed E-state index contributed by atoms with van der Waals surface area (Å²) in [6.07, 6.45) is 3.13. The Bertz CT molecular complexity index is 1500. The van der Waals surface area contributed by atoms with Gasteiger partial charge in [0.1, 0.15) is 11.6 Å². The molecule has 2 heterocycles. The van der Waals surface area contributed by atoms with E-state index in [1.54, 1.807) is 18.2 Å². The van der Waals surface area contributed by atoms with Gasteiger partial charge >= 0.3 is 0 Å². The summed E-state index contributed by atoms with van der Waals surface area (Å²) in [5.41, 5.74) is 7.76. The van der Waals surface area contributed by atoms with E-state index in [-0.39, 0.29) is 48.5 Å². The van der Waals surface area contributed by atoms with Crippen molar-refractivity contribution in [2.45, 2.75) is 57.0 Å². The summed E-state index contributed by atoms with van der Waals surface area (Å²) in [5.74, 6) is -2.16. The molecule has 44 heavy (non-hydrogen) atoms. The lowest BCUT2D eigenvalue weighted by Crippen LogP contribution is -2.54. The lowest BCUT2D eigenvalue weighted by molar-refractivity contribution is -0.118. The number of carbonyl (C=O) groups excluding carboxylic acids is 1. The minimum absolute atomic E-state index is 0.0465. The maximum absolute atomic E-state index is 15.2. The maximum Gasteiger partial charge on any atom is 0.241 e. The van der Waals surface area contributed by atoms with Crippen molar-refractivity contribution in [3.63, 3.8) is 0 Å². The maximum atomic E-state index is 15.2. The Morgan fingerprint density at radius 1 is 1.07 bits per heavy atom. The topological polar surface area (TPSA) is 142 Å². The van der Waals surface area contributed by atoms with Crippen molar-refractivity contribution in [2.24, 2.45) is 11.7 Å². The van der Waals surface area contributed by atoms with Gasteiger partial charge < -0.3 is 16.4 Å². The van der Waals surface area contributed by atoms with E-state index in [9.17, 15) is 26.0 Å². The predicted molar refractivity (Wildman–Crippen MR) is 167 cm³/mol. The number of halogens is 2. The van der Waals surface area contributed by atoms with E-state index >= 15 is 4.39 Å². The molecule has 2 aliphatic rings. The Labute approximate surface area is 259 Å². The van der Waals surface area contributed by atoms with Crippen LogP contribution in [0.5, 0.6) is 0 Å². The minimum atomic E-state index is -3.45. The number of piperazine rings is 1. The van der Waals surface area contributed by atoms with Crippen molar-refractivity contribution in [1.82, 2.24) is 13.9 Å². The Balaban J connectivity index is 1.53. The highest BCUT2D eigenvalue weighted by Gasteiger charge is 2.37. The van der Waals surface area contributed by atoms with E-state index in [1.807, 2.05) is 6.92 Å². The van der Waals surface area contributed by atoms with Crippen molar-refractivity contribution in [3.8, 4) is 0 Å². The Hall–Kier alpha value is -2.49. The SMILES string of the molecule is CCCS(=O)(=O)N1CCNC[C@@H]1CCc1c(F)cccc1NC(=O)[C@@H](N)[C@@H](c1ccc(F)cc1)C1CCN(S(C)(=O)=O)CC1. The Kier molecular flexibility index (Phi) is 11.5. The highest BCUT2D eigenvalue weighted by molar-refractivity contribution is 7.89. The number of sulfonamides is 2. The van der Waals surface area contributed by atoms with Crippen LogP contribution in [0.1, 0.15) is 49.7 Å². The van der Waals surface area contributed by atoms with Crippen molar-refractivity contribution in [1.29, 1.82) is 0 Å². The molecule has 2 fully saturated rings. The number of hydrogen-bond acceptors (Lipinski definition) is 7. The van der Waals surface area contributed by atoms with Crippen molar-refractivity contribution >= 4 is 31.6 Å². The van der Waals surface area contributed by atoms with E-state index in [2.05, 4.69) is 10.6 Å². The van der Waals surface area contributed by atoms with Crippen LogP contribution in [0.15, 0.2) is 42.5 Å².